The summed E-state index contributed by atoms with van der Waals surface area (Å²) in [5, 5.41) is 5.65. The van der Waals surface area contributed by atoms with Crippen molar-refractivity contribution in [3.8, 4) is 17.2 Å². The van der Waals surface area contributed by atoms with Crippen LogP contribution in [0.5, 0.6) is 17.2 Å². The van der Waals surface area contributed by atoms with Crippen molar-refractivity contribution < 1.29 is 23.8 Å². The second kappa shape index (κ2) is 7.57. The van der Waals surface area contributed by atoms with Crippen LogP contribution in [-0.2, 0) is 22.6 Å². The molecular weight excluding hydrogens is 348 g/mol. The molecule has 2 aliphatic heterocycles. The minimum atomic E-state index is -0.212. The van der Waals surface area contributed by atoms with Crippen molar-refractivity contribution in [1.82, 2.24) is 5.32 Å². The van der Waals surface area contributed by atoms with E-state index >= 15 is 0 Å². The molecule has 140 valence electrons. The molecule has 0 radical (unpaired) electrons. The maximum Gasteiger partial charge on any atom is 0.258 e. The van der Waals surface area contributed by atoms with Crippen molar-refractivity contribution in [2.24, 2.45) is 0 Å². The van der Waals surface area contributed by atoms with E-state index in [0.717, 1.165) is 22.6 Å². The monoisotopic (exact) mass is 368 g/mol. The fraction of sp³-hybridized carbons (Fsp3) is 0.300. The minimum Gasteiger partial charge on any atom is -0.486 e. The Bertz CT molecular complexity index is 881. The zero-order chi connectivity index (χ0) is 18.6. The van der Waals surface area contributed by atoms with Crippen LogP contribution in [0.3, 0.4) is 0 Å². The lowest BCUT2D eigenvalue weighted by atomic mass is 10.0. The first kappa shape index (κ1) is 17.2. The predicted octanol–water partition coefficient (Wildman–Crippen LogP) is 2.04. The van der Waals surface area contributed by atoms with Crippen LogP contribution in [0, 0.1) is 0 Å². The summed E-state index contributed by atoms with van der Waals surface area (Å²) in [5.74, 6) is 1.85. The number of anilines is 1. The molecule has 0 unspecified atom stereocenters. The number of benzene rings is 2. The van der Waals surface area contributed by atoms with Gasteiger partial charge in [0.15, 0.2) is 18.1 Å². The second-order valence-electron chi connectivity index (χ2n) is 6.41. The van der Waals surface area contributed by atoms with Crippen molar-refractivity contribution >= 4 is 17.5 Å². The lowest BCUT2D eigenvalue weighted by Crippen LogP contribution is -2.28. The van der Waals surface area contributed by atoms with E-state index in [1.807, 2.05) is 24.3 Å². The van der Waals surface area contributed by atoms with Crippen LogP contribution in [0.2, 0.25) is 0 Å². The van der Waals surface area contributed by atoms with Crippen LogP contribution >= 0.6 is 0 Å². The Balaban J connectivity index is 1.28. The van der Waals surface area contributed by atoms with Gasteiger partial charge < -0.3 is 24.8 Å². The Morgan fingerprint density at radius 1 is 1.07 bits per heavy atom. The summed E-state index contributed by atoms with van der Waals surface area (Å²) >= 11 is 0. The van der Waals surface area contributed by atoms with Gasteiger partial charge in [-0.05, 0) is 47.9 Å². The standard InChI is InChI=1S/C20H20N2O5/c23-19-6-2-14-10-15(3-4-16(14)22-19)27-12-20(24)21-11-13-1-5-17-18(9-13)26-8-7-25-17/h1,3-5,9-10H,2,6-8,11-12H2,(H,21,24)(H,22,23). The topological polar surface area (TPSA) is 85.9 Å². The Kier molecular flexibility index (Phi) is 4.82. The van der Waals surface area contributed by atoms with Crippen molar-refractivity contribution in [2.75, 3.05) is 25.1 Å². The molecule has 27 heavy (non-hydrogen) atoms. The van der Waals surface area contributed by atoms with E-state index in [0.29, 0.717) is 44.1 Å². The number of carbonyl (C=O) groups is 2. The fourth-order valence-electron chi connectivity index (χ4n) is 3.05. The third kappa shape index (κ3) is 4.13. The zero-order valence-electron chi connectivity index (χ0n) is 14.7. The largest absolute Gasteiger partial charge is 0.486 e. The fourth-order valence-corrected chi connectivity index (χ4v) is 3.05. The van der Waals surface area contributed by atoms with Crippen molar-refractivity contribution in [3.05, 3.63) is 47.5 Å². The lowest BCUT2D eigenvalue weighted by Gasteiger charge is -2.19. The first-order valence-corrected chi connectivity index (χ1v) is 8.88. The van der Waals surface area contributed by atoms with Crippen LogP contribution in [0.25, 0.3) is 0 Å². The number of hydrogen-bond acceptors (Lipinski definition) is 5. The molecule has 2 aromatic rings. The first-order chi connectivity index (χ1) is 13.2. The Morgan fingerprint density at radius 3 is 2.81 bits per heavy atom. The quantitative estimate of drug-likeness (QED) is 0.844. The van der Waals surface area contributed by atoms with Gasteiger partial charge in [0.2, 0.25) is 5.91 Å². The Labute approximate surface area is 156 Å². The van der Waals surface area contributed by atoms with Gasteiger partial charge in [-0.1, -0.05) is 6.07 Å². The highest BCUT2D eigenvalue weighted by Crippen LogP contribution is 2.30. The van der Waals surface area contributed by atoms with Gasteiger partial charge in [-0.25, -0.2) is 0 Å². The number of nitrogens with one attached hydrogen (secondary N) is 2. The molecule has 2 aliphatic rings. The SMILES string of the molecule is O=C(COc1ccc2c(c1)CCC(=O)N2)NCc1ccc2c(c1)OCCO2. The maximum atomic E-state index is 12.1. The highest BCUT2D eigenvalue weighted by Gasteiger charge is 2.15. The number of carbonyl (C=O) groups excluding carboxylic acids is 2. The van der Waals surface area contributed by atoms with E-state index in [1.165, 1.54) is 0 Å². The summed E-state index contributed by atoms with van der Waals surface area (Å²) in [6, 6.07) is 11.0. The Morgan fingerprint density at radius 2 is 1.93 bits per heavy atom. The molecule has 0 spiro atoms. The number of amides is 2. The summed E-state index contributed by atoms with van der Waals surface area (Å²) in [5.41, 5.74) is 2.75. The number of ether oxygens (including phenoxy) is 3. The average molecular weight is 368 g/mol. The molecule has 2 aromatic carbocycles. The van der Waals surface area contributed by atoms with Gasteiger partial charge in [0.25, 0.3) is 5.91 Å². The van der Waals surface area contributed by atoms with Gasteiger partial charge in [-0.15, -0.1) is 0 Å². The van der Waals surface area contributed by atoms with E-state index < -0.39 is 0 Å². The number of rotatable bonds is 5. The van der Waals surface area contributed by atoms with Crippen LogP contribution in [0.15, 0.2) is 36.4 Å². The molecule has 0 saturated carbocycles. The first-order valence-electron chi connectivity index (χ1n) is 8.88. The summed E-state index contributed by atoms with van der Waals surface area (Å²) in [4.78, 5) is 23.4. The van der Waals surface area contributed by atoms with E-state index in [1.54, 1.807) is 12.1 Å². The van der Waals surface area contributed by atoms with Crippen molar-refractivity contribution in [2.45, 2.75) is 19.4 Å². The molecule has 4 rings (SSSR count). The number of hydrogen-bond donors (Lipinski definition) is 2. The average Bonchev–Trinajstić information content (AvgIpc) is 2.70. The highest BCUT2D eigenvalue weighted by atomic mass is 16.6. The third-order valence-electron chi connectivity index (χ3n) is 4.44. The predicted molar refractivity (Wildman–Crippen MR) is 98.2 cm³/mol. The molecule has 7 nitrogen and oxygen atoms in total. The van der Waals surface area contributed by atoms with Crippen LogP contribution in [-0.4, -0.2) is 31.6 Å². The molecule has 7 heteroatoms. The molecule has 0 saturated heterocycles. The summed E-state index contributed by atoms with van der Waals surface area (Å²) in [7, 11) is 0. The number of fused-ring (bicyclic) bond motifs is 2. The van der Waals surface area contributed by atoms with Gasteiger partial charge in [-0.3, -0.25) is 9.59 Å². The maximum absolute atomic E-state index is 12.1. The van der Waals surface area contributed by atoms with Gasteiger partial charge >= 0.3 is 0 Å². The molecule has 0 aliphatic carbocycles. The van der Waals surface area contributed by atoms with Gasteiger partial charge in [-0.2, -0.15) is 0 Å². The molecule has 0 bridgehead atoms. The molecule has 0 aromatic heterocycles. The summed E-state index contributed by atoms with van der Waals surface area (Å²) in [6.45, 7) is 1.39. The second-order valence-corrected chi connectivity index (χ2v) is 6.41. The van der Waals surface area contributed by atoms with E-state index in [2.05, 4.69) is 10.6 Å². The van der Waals surface area contributed by atoms with Gasteiger partial charge in [0.05, 0.1) is 0 Å². The van der Waals surface area contributed by atoms with Gasteiger partial charge in [0.1, 0.15) is 19.0 Å². The van der Waals surface area contributed by atoms with E-state index in [9.17, 15) is 9.59 Å². The normalized spacial score (nSPS) is 14.7. The van der Waals surface area contributed by atoms with Gasteiger partial charge in [0, 0.05) is 18.7 Å². The third-order valence-corrected chi connectivity index (χ3v) is 4.44. The number of aryl methyl sites for hydroxylation is 1. The molecule has 2 amide bonds. The van der Waals surface area contributed by atoms with Crippen molar-refractivity contribution in [3.63, 3.8) is 0 Å². The summed E-state index contributed by atoms with van der Waals surface area (Å²) < 4.78 is 16.6. The van der Waals surface area contributed by atoms with Crippen molar-refractivity contribution in [1.29, 1.82) is 0 Å². The molecular formula is C20H20N2O5. The van der Waals surface area contributed by atoms with E-state index in [-0.39, 0.29) is 18.4 Å². The minimum absolute atomic E-state index is 0.0229. The zero-order valence-corrected chi connectivity index (χ0v) is 14.7. The highest BCUT2D eigenvalue weighted by molar-refractivity contribution is 5.94. The van der Waals surface area contributed by atoms with Crippen LogP contribution in [0.1, 0.15) is 17.5 Å². The summed E-state index contributed by atoms with van der Waals surface area (Å²) in [6.07, 6.45) is 1.14. The van der Waals surface area contributed by atoms with E-state index in [4.69, 9.17) is 14.2 Å². The molecule has 0 atom stereocenters. The van der Waals surface area contributed by atoms with Crippen LogP contribution < -0.4 is 24.8 Å². The van der Waals surface area contributed by atoms with Crippen LogP contribution in [0.4, 0.5) is 5.69 Å². The smallest absolute Gasteiger partial charge is 0.258 e. The lowest BCUT2D eigenvalue weighted by molar-refractivity contribution is -0.123. The Hall–Kier alpha value is -3.22. The molecule has 2 heterocycles. The molecule has 2 N–H and O–H groups in total. The molecule has 0 fully saturated rings.